The first-order valence-corrected chi connectivity index (χ1v) is 16.5. The van der Waals surface area contributed by atoms with Gasteiger partial charge in [-0.1, -0.05) is 55.3 Å². The Morgan fingerprint density at radius 2 is 1.78 bits per heavy atom. The van der Waals surface area contributed by atoms with E-state index in [1.807, 2.05) is 57.2 Å². The number of pyridine rings is 1. The number of piperazine rings is 1. The van der Waals surface area contributed by atoms with Crippen LogP contribution in [0.3, 0.4) is 0 Å². The van der Waals surface area contributed by atoms with Crippen molar-refractivity contribution in [3.05, 3.63) is 93.8 Å². The normalized spacial score (nSPS) is 18.2. The number of nitrogens with zero attached hydrogens (tertiary/aromatic N) is 3. The van der Waals surface area contributed by atoms with E-state index in [1.165, 1.54) is 17.6 Å². The molecule has 0 spiro atoms. The van der Waals surface area contributed by atoms with Gasteiger partial charge in [0.2, 0.25) is 0 Å². The number of allylic oxidation sites excluding steroid dienone is 2. The molecule has 2 heterocycles. The lowest BCUT2D eigenvalue weighted by Gasteiger charge is -2.39. The van der Waals surface area contributed by atoms with Crippen molar-refractivity contribution in [3.8, 4) is 11.5 Å². The van der Waals surface area contributed by atoms with E-state index >= 15 is 0 Å². The minimum atomic E-state index is -0.611. The van der Waals surface area contributed by atoms with Crippen molar-refractivity contribution in [2.45, 2.75) is 65.9 Å². The van der Waals surface area contributed by atoms with Crippen LogP contribution in [0, 0.1) is 5.41 Å². The van der Waals surface area contributed by atoms with Crippen molar-refractivity contribution in [3.63, 3.8) is 0 Å². The summed E-state index contributed by atoms with van der Waals surface area (Å²) in [5, 5.41) is 0.779. The van der Waals surface area contributed by atoms with Crippen molar-refractivity contribution in [1.29, 1.82) is 0 Å². The lowest BCUT2D eigenvalue weighted by atomic mass is 9.72. The number of fused-ring (bicyclic) bond motifs is 1. The van der Waals surface area contributed by atoms with Gasteiger partial charge in [0, 0.05) is 55.9 Å². The Bertz CT molecular complexity index is 1630. The van der Waals surface area contributed by atoms with Crippen LogP contribution in [-0.4, -0.2) is 54.2 Å². The molecule has 1 aliphatic heterocycles. The number of hydrogen-bond donors (Lipinski definition) is 0. The molecule has 236 valence electrons. The van der Waals surface area contributed by atoms with E-state index in [2.05, 4.69) is 52.9 Å². The Hall–Kier alpha value is -3.61. The van der Waals surface area contributed by atoms with Crippen LogP contribution >= 0.6 is 11.6 Å². The molecule has 0 unspecified atom stereocenters. The molecule has 0 atom stereocenters. The molecule has 6 rings (SSSR count). The maximum atomic E-state index is 13.2. The van der Waals surface area contributed by atoms with Crippen molar-refractivity contribution < 1.29 is 14.3 Å². The van der Waals surface area contributed by atoms with Crippen molar-refractivity contribution in [2.24, 2.45) is 5.41 Å². The summed E-state index contributed by atoms with van der Waals surface area (Å²) in [5.41, 5.74) is 7.56. The summed E-state index contributed by atoms with van der Waals surface area (Å²) >= 11 is 6.22. The molecule has 1 saturated heterocycles. The molecule has 0 saturated carbocycles. The fourth-order valence-electron chi connectivity index (χ4n) is 6.48. The zero-order chi connectivity index (χ0) is 31.8. The van der Waals surface area contributed by atoms with Gasteiger partial charge in [0.25, 0.3) is 0 Å². The fourth-order valence-corrected chi connectivity index (χ4v) is 6.60. The summed E-state index contributed by atoms with van der Waals surface area (Å²) in [6.07, 6.45) is 10.1. The summed E-state index contributed by atoms with van der Waals surface area (Å²) in [6, 6.07) is 16.2. The molecule has 45 heavy (non-hydrogen) atoms. The minimum Gasteiger partial charge on any atom is -0.456 e. The number of halogens is 1. The highest BCUT2D eigenvalue weighted by molar-refractivity contribution is 6.30. The van der Waals surface area contributed by atoms with E-state index in [-0.39, 0.29) is 0 Å². The van der Waals surface area contributed by atoms with Gasteiger partial charge in [-0.3, -0.25) is 9.88 Å². The summed E-state index contributed by atoms with van der Waals surface area (Å²) in [6.45, 7) is 15.1. The largest absolute Gasteiger partial charge is 0.456 e. The molecule has 3 aromatic rings. The number of anilines is 1. The number of carbonyl (C=O) groups excluding carboxylic acids is 1. The number of ether oxygens (including phenoxy) is 2. The summed E-state index contributed by atoms with van der Waals surface area (Å²) < 4.78 is 12.1. The third-order valence-corrected chi connectivity index (χ3v) is 9.18. The maximum Gasteiger partial charge on any atom is 0.342 e. The highest BCUT2D eigenvalue weighted by Gasteiger charge is 2.30. The molecule has 0 radical (unpaired) electrons. The summed E-state index contributed by atoms with van der Waals surface area (Å²) in [4.78, 5) is 22.7. The minimum absolute atomic E-state index is 0.301. The zero-order valence-electron chi connectivity index (χ0n) is 27.2. The van der Waals surface area contributed by atoms with Crippen LogP contribution in [0.4, 0.5) is 5.69 Å². The second-order valence-electron chi connectivity index (χ2n) is 14.3. The van der Waals surface area contributed by atoms with Crippen molar-refractivity contribution >= 4 is 34.9 Å². The molecule has 0 N–H and O–H groups in total. The average molecular weight is 626 g/mol. The molecule has 1 fully saturated rings. The van der Waals surface area contributed by atoms with Gasteiger partial charge in [0.15, 0.2) is 0 Å². The lowest BCUT2D eigenvalue weighted by Crippen LogP contribution is -2.47. The van der Waals surface area contributed by atoms with Crippen LogP contribution in [0.5, 0.6) is 11.5 Å². The number of benzene rings is 2. The summed E-state index contributed by atoms with van der Waals surface area (Å²) in [5.74, 6) is 0.686. The number of rotatable bonds is 7. The number of hydrogen-bond acceptors (Lipinski definition) is 6. The van der Waals surface area contributed by atoms with Crippen LogP contribution in [0.15, 0.2) is 66.4 Å². The fraction of sp³-hybridized carbons (Fsp3) is 0.421. The highest BCUT2D eigenvalue weighted by atomic mass is 35.5. The molecule has 0 amide bonds. The van der Waals surface area contributed by atoms with E-state index in [0.717, 1.165) is 74.0 Å². The molecule has 1 aromatic heterocycles. The van der Waals surface area contributed by atoms with Crippen LogP contribution in [-0.2, 0) is 11.2 Å². The standard InChI is InChI=1S/C38H44ClN3O3/c1-37(2,3)45-36(43)32-14-13-30(22-35(32)44-31-21-27-7-6-8-34(27)40-24-31)42-19-17-41(18-20-42)25-28-15-16-38(4,5)23-33(28)26-9-11-29(39)12-10-26/h6-7,9-14,21-22,24H,8,15-20,23,25H2,1-5H3. The van der Waals surface area contributed by atoms with Gasteiger partial charge in [0.05, 0.1) is 11.9 Å². The van der Waals surface area contributed by atoms with E-state index in [4.69, 9.17) is 21.1 Å². The van der Waals surface area contributed by atoms with Gasteiger partial charge >= 0.3 is 5.97 Å². The number of carbonyl (C=O) groups is 1. The SMILES string of the molecule is CC1(C)CCC(CN2CCN(c3ccc(C(=O)OC(C)(C)C)c(Oc4cnc5c(c4)C=CC5)c3)CC2)=C(c2ccc(Cl)cc2)C1. The van der Waals surface area contributed by atoms with E-state index < -0.39 is 11.6 Å². The first kappa shape index (κ1) is 31.4. The van der Waals surface area contributed by atoms with Gasteiger partial charge in [-0.05, 0) is 92.5 Å². The van der Waals surface area contributed by atoms with Gasteiger partial charge in [-0.15, -0.1) is 0 Å². The van der Waals surface area contributed by atoms with E-state index in [9.17, 15) is 4.79 Å². The molecular weight excluding hydrogens is 582 g/mol. The van der Waals surface area contributed by atoms with Gasteiger partial charge in [0.1, 0.15) is 22.7 Å². The zero-order valence-corrected chi connectivity index (χ0v) is 27.9. The first-order valence-electron chi connectivity index (χ1n) is 16.1. The van der Waals surface area contributed by atoms with E-state index in [1.54, 1.807) is 11.8 Å². The smallest absolute Gasteiger partial charge is 0.342 e. The maximum absolute atomic E-state index is 13.2. The van der Waals surface area contributed by atoms with Crippen molar-refractivity contribution in [1.82, 2.24) is 9.88 Å². The van der Waals surface area contributed by atoms with Gasteiger partial charge in [-0.2, -0.15) is 0 Å². The predicted molar refractivity (Wildman–Crippen MR) is 183 cm³/mol. The molecule has 2 aliphatic carbocycles. The molecular formula is C38H44ClN3O3. The molecule has 7 heteroatoms. The molecule has 0 bridgehead atoms. The number of aromatic nitrogens is 1. The third kappa shape index (κ3) is 7.62. The Kier molecular flexibility index (Phi) is 8.82. The monoisotopic (exact) mass is 625 g/mol. The number of esters is 1. The van der Waals surface area contributed by atoms with Crippen LogP contribution in [0.1, 0.15) is 81.1 Å². The summed E-state index contributed by atoms with van der Waals surface area (Å²) in [7, 11) is 0. The topological polar surface area (TPSA) is 54.9 Å². The average Bonchev–Trinajstić information content (AvgIpc) is 3.46. The highest BCUT2D eigenvalue weighted by Crippen LogP contribution is 2.43. The Balaban J connectivity index is 1.19. The van der Waals surface area contributed by atoms with Crippen LogP contribution in [0.2, 0.25) is 5.02 Å². The van der Waals surface area contributed by atoms with E-state index in [0.29, 0.717) is 22.5 Å². The Labute approximate surface area is 272 Å². The van der Waals surface area contributed by atoms with Crippen LogP contribution in [0.25, 0.3) is 11.6 Å². The quantitative estimate of drug-likeness (QED) is 0.245. The molecule has 3 aliphatic rings. The second-order valence-corrected chi connectivity index (χ2v) is 14.7. The second kappa shape index (κ2) is 12.6. The third-order valence-electron chi connectivity index (χ3n) is 8.93. The van der Waals surface area contributed by atoms with Gasteiger partial charge < -0.3 is 14.4 Å². The lowest BCUT2D eigenvalue weighted by molar-refractivity contribution is 0.00672. The van der Waals surface area contributed by atoms with Gasteiger partial charge in [-0.25, -0.2) is 4.79 Å². The first-order chi connectivity index (χ1) is 21.4. The Morgan fingerprint density at radius 3 is 2.51 bits per heavy atom. The predicted octanol–water partition coefficient (Wildman–Crippen LogP) is 8.84. The van der Waals surface area contributed by atoms with Crippen LogP contribution < -0.4 is 9.64 Å². The molecule has 2 aromatic carbocycles. The Morgan fingerprint density at radius 1 is 1.02 bits per heavy atom. The van der Waals surface area contributed by atoms with Crippen molar-refractivity contribution in [2.75, 3.05) is 37.6 Å². The molecule has 6 nitrogen and oxygen atoms in total.